The molecule has 2 aromatic carbocycles. The van der Waals surface area contributed by atoms with E-state index in [1.54, 1.807) is 16.4 Å². The van der Waals surface area contributed by atoms with E-state index >= 15 is 0 Å². The fraction of sp³-hybridized carbons (Fsp3) is 0.318. The molecule has 0 aliphatic rings. The van der Waals surface area contributed by atoms with Gasteiger partial charge in [-0.3, -0.25) is 18.7 Å². The van der Waals surface area contributed by atoms with Crippen molar-refractivity contribution in [2.45, 2.75) is 26.2 Å². The zero-order valence-corrected chi connectivity index (χ0v) is 19.1. The number of fused-ring (bicyclic) bond motifs is 3. The third-order valence-electron chi connectivity index (χ3n) is 5.16. The standard InChI is InChI=1S/C22H24ClN5O2S/c1-25(14-16-8-10-17(23)11-9-16)15-27-22(31)28-19-7-4-3-6-18(19)20(29)26(21(28)24-27)12-5-13-30-2/h3-4,6-11H,5,12-15H2,1-2H3. The van der Waals surface area contributed by atoms with Crippen molar-refractivity contribution in [3.05, 3.63) is 74.2 Å². The Morgan fingerprint density at radius 1 is 1.16 bits per heavy atom. The molecule has 0 saturated carbocycles. The van der Waals surface area contributed by atoms with Crippen molar-refractivity contribution in [2.24, 2.45) is 0 Å². The van der Waals surface area contributed by atoms with Gasteiger partial charge in [-0.15, -0.1) is 5.10 Å². The molecule has 0 unspecified atom stereocenters. The second-order valence-electron chi connectivity index (χ2n) is 7.52. The number of hydrogen-bond acceptors (Lipinski definition) is 5. The van der Waals surface area contributed by atoms with Crippen LogP contribution < -0.4 is 5.56 Å². The number of aryl methyl sites for hydroxylation is 1. The molecule has 0 aliphatic carbocycles. The molecule has 0 aliphatic heterocycles. The molecule has 0 spiro atoms. The van der Waals surface area contributed by atoms with Crippen LogP contribution in [0.3, 0.4) is 0 Å². The minimum atomic E-state index is -0.0686. The molecular weight excluding hydrogens is 434 g/mol. The lowest BCUT2D eigenvalue weighted by atomic mass is 10.2. The number of para-hydroxylation sites is 1. The van der Waals surface area contributed by atoms with Crippen LogP contribution in [0.4, 0.5) is 0 Å². The first-order valence-corrected chi connectivity index (χ1v) is 10.8. The quantitative estimate of drug-likeness (QED) is 0.296. The van der Waals surface area contributed by atoms with Gasteiger partial charge in [0.2, 0.25) is 10.5 Å². The summed E-state index contributed by atoms with van der Waals surface area (Å²) >= 11 is 11.8. The molecule has 0 bridgehead atoms. The van der Waals surface area contributed by atoms with Crippen molar-refractivity contribution >= 4 is 40.5 Å². The molecule has 7 nitrogen and oxygen atoms in total. The van der Waals surface area contributed by atoms with Crippen LogP contribution in [0.15, 0.2) is 53.3 Å². The number of halogens is 1. The van der Waals surface area contributed by atoms with Crippen molar-refractivity contribution < 1.29 is 4.74 Å². The van der Waals surface area contributed by atoms with E-state index in [2.05, 4.69) is 4.90 Å². The van der Waals surface area contributed by atoms with Crippen LogP contribution in [0.25, 0.3) is 16.7 Å². The SMILES string of the molecule is COCCCn1c(=O)c2ccccc2n2c(=S)n(CN(C)Cc3ccc(Cl)cc3)nc12. The maximum absolute atomic E-state index is 13.2. The van der Waals surface area contributed by atoms with E-state index in [1.807, 2.05) is 60.0 Å². The molecule has 4 aromatic rings. The summed E-state index contributed by atoms with van der Waals surface area (Å²) in [4.78, 5) is 15.3. The number of ether oxygens (including phenoxy) is 1. The highest BCUT2D eigenvalue weighted by Gasteiger charge is 2.16. The maximum Gasteiger partial charge on any atom is 0.262 e. The van der Waals surface area contributed by atoms with Crippen LogP contribution in [0.2, 0.25) is 5.02 Å². The third-order valence-corrected chi connectivity index (χ3v) is 5.80. The minimum Gasteiger partial charge on any atom is -0.385 e. The lowest BCUT2D eigenvalue weighted by Gasteiger charge is -2.16. The molecule has 4 rings (SSSR count). The van der Waals surface area contributed by atoms with E-state index < -0.39 is 0 Å². The Morgan fingerprint density at radius 3 is 2.65 bits per heavy atom. The Morgan fingerprint density at radius 2 is 1.90 bits per heavy atom. The van der Waals surface area contributed by atoms with E-state index in [4.69, 9.17) is 33.7 Å². The lowest BCUT2D eigenvalue weighted by molar-refractivity contribution is 0.190. The van der Waals surface area contributed by atoms with Crippen LogP contribution in [-0.2, 0) is 24.5 Å². The molecule has 0 atom stereocenters. The van der Waals surface area contributed by atoms with Gasteiger partial charge >= 0.3 is 0 Å². The Labute approximate surface area is 190 Å². The normalized spacial score (nSPS) is 11.7. The fourth-order valence-electron chi connectivity index (χ4n) is 3.71. The Kier molecular flexibility index (Phi) is 6.52. The number of hydrogen-bond donors (Lipinski definition) is 0. The smallest absolute Gasteiger partial charge is 0.262 e. The van der Waals surface area contributed by atoms with Crippen LogP contribution in [0.5, 0.6) is 0 Å². The van der Waals surface area contributed by atoms with Gasteiger partial charge in [0.25, 0.3) is 5.56 Å². The molecule has 0 amide bonds. The number of benzene rings is 2. The van der Waals surface area contributed by atoms with Crippen molar-refractivity contribution in [1.29, 1.82) is 0 Å². The molecule has 0 saturated heterocycles. The lowest BCUT2D eigenvalue weighted by Crippen LogP contribution is -2.24. The van der Waals surface area contributed by atoms with E-state index in [0.717, 1.165) is 11.1 Å². The first-order valence-electron chi connectivity index (χ1n) is 10.0. The van der Waals surface area contributed by atoms with E-state index in [-0.39, 0.29) is 5.56 Å². The molecule has 0 radical (unpaired) electrons. The van der Waals surface area contributed by atoms with Gasteiger partial charge in [0.15, 0.2) is 0 Å². The van der Waals surface area contributed by atoms with Gasteiger partial charge in [0, 0.05) is 31.8 Å². The predicted molar refractivity (Wildman–Crippen MR) is 125 cm³/mol. The first-order chi connectivity index (χ1) is 15.0. The topological polar surface area (TPSA) is 56.7 Å². The minimum absolute atomic E-state index is 0.0686. The van der Waals surface area contributed by atoms with Gasteiger partial charge in [-0.2, -0.15) is 0 Å². The van der Waals surface area contributed by atoms with E-state index in [1.165, 1.54) is 0 Å². The van der Waals surface area contributed by atoms with Crippen LogP contribution >= 0.6 is 23.8 Å². The fourth-order valence-corrected chi connectivity index (χ4v) is 4.11. The van der Waals surface area contributed by atoms with Crippen LogP contribution in [0, 0.1) is 4.77 Å². The molecule has 0 N–H and O–H groups in total. The molecule has 0 fully saturated rings. The summed E-state index contributed by atoms with van der Waals surface area (Å²) in [5.74, 6) is 0.546. The molecule has 9 heteroatoms. The molecule has 31 heavy (non-hydrogen) atoms. The number of rotatable bonds is 8. The maximum atomic E-state index is 13.2. The Balaban J connectivity index is 1.75. The first kappa shape index (κ1) is 21.7. The third kappa shape index (κ3) is 4.43. The van der Waals surface area contributed by atoms with E-state index in [9.17, 15) is 4.79 Å². The van der Waals surface area contributed by atoms with E-state index in [0.29, 0.717) is 53.7 Å². The molecule has 2 heterocycles. The monoisotopic (exact) mass is 457 g/mol. The number of nitrogens with zero attached hydrogens (tertiary/aromatic N) is 5. The molecular formula is C22H24ClN5O2S. The van der Waals surface area contributed by atoms with Crippen LogP contribution in [0.1, 0.15) is 12.0 Å². The summed E-state index contributed by atoms with van der Waals surface area (Å²) in [5, 5.41) is 6.07. The second kappa shape index (κ2) is 9.32. The Bertz CT molecular complexity index is 1330. The van der Waals surface area contributed by atoms with Crippen LogP contribution in [-0.4, -0.2) is 44.4 Å². The summed E-state index contributed by atoms with van der Waals surface area (Å²) in [6, 6.07) is 15.3. The summed E-state index contributed by atoms with van der Waals surface area (Å²) in [6.45, 7) is 2.28. The zero-order chi connectivity index (χ0) is 22.0. The summed E-state index contributed by atoms with van der Waals surface area (Å²) in [6.07, 6.45) is 0.709. The van der Waals surface area contributed by atoms with Gasteiger partial charge < -0.3 is 4.74 Å². The highest BCUT2D eigenvalue weighted by atomic mass is 35.5. The molecule has 2 aromatic heterocycles. The van der Waals surface area contributed by atoms with Crippen molar-refractivity contribution in [3.63, 3.8) is 0 Å². The van der Waals surface area contributed by atoms with Gasteiger partial charge in [0.05, 0.1) is 17.6 Å². The van der Waals surface area contributed by atoms with Gasteiger partial charge in [0.1, 0.15) is 0 Å². The van der Waals surface area contributed by atoms with Gasteiger partial charge in [-0.1, -0.05) is 35.9 Å². The van der Waals surface area contributed by atoms with Crippen molar-refractivity contribution in [1.82, 2.24) is 23.6 Å². The zero-order valence-electron chi connectivity index (χ0n) is 17.5. The summed E-state index contributed by atoms with van der Waals surface area (Å²) in [5.41, 5.74) is 1.84. The highest BCUT2D eigenvalue weighted by Crippen LogP contribution is 2.16. The Hall–Kier alpha value is -2.52. The number of aromatic nitrogens is 4. The van der Waals surface area contributed by atoms with Gasteiger partial charge in [-0.05, 0) is 55.5 Å². The number of methoxy groups -OCH3 is 1. The second-order valence-corrected chi connectivity index (χ2v) is 8.32. The van der Waals surface area contributed by atoms with Crippen molar-refractivity contribution in [2.75, 3.05) is 20.8 Å². The predicted octanol–water partition coefficient (Wildman–Crippen LogP) is 3.96. The largest absolute Gasteiger partial charge is 0.385 e. The summed E-state index contributed by atoms with van der Waals surface area (Å²) < 4.78 is 11.1. The van der Waals surface area contributed by atoms with Crippen molar-refractivity contribution in [3.8, 4) is 0 Å². The average Bonchev–Trinajstić information content (AvgIpc) is 3.08. The molecule has 162 valence electrons. The average molecular weight is 458 g/mol. The highest BCUT2D eigenvalue weighted by molar-refractivity contribution is 7.71. The summed E-state index contributed by atoms with van der Waals surface area (Å²) in [7, 11) is 3.66. The van der Waals surface area contributed by atoms with Gasteiger partial charge in [-0.25, -0.2) is 4.68 Å².